The molecule has 4 unspecified atom stereocenters. The molecule has 4 atom stereocenters. The smallest absolute Gasteiger partial charge is 0.0713 e. The van der Waals surface area contributed by atoms with E-state index in [0.717, 1.165) is 0 Å². The van der Waals surface area contributed by atoms with Crippen LogP contribution in [0, 0.1) is 0 Å². The summed E-state index contributed by atoms with van der Waals surface area (Å²) in [6, 6.07) is 52.2. The lowest BCUT2D eigenvalue weighted by Gasteiger charge is -2.45. The quantitative estimate of drug-likeness (QED) is 0.176. The van der Waals surface area contributed by atoms with Crippen molar-refractivity contribution >= 4 is 23.5 Å². The van der Waals surface area contributed by atoms with Crippen molar-refractivity contribution < 1.29 is 0 Å². The summed E-state index contributed by atoms with van der Waals surface area (Å²) in [6.07, 6.45) is 10.5. The first kappa shape index (κ1) is 34.3. The Morgan fingerprint density at radius 3 is 1.20 bits per heavy atom. The maximum absolute atomic E-state index is 2.57. The van der Waals surface area contributed by atoms with Gasteiger partial charge in [0.25, 0.3) is 0 Å². The number of benzene rings is 6. The third kappa shape index (κ3) is 4.62. The summed E-state index contributed by atoms with van der Waals surface area (Å²) in [5.74, 6) is 0. The molecule has 2 saturated carbocycles. The lowest BCUT2D eigenvalue weighted by Crippen LogP contribution is -2.43. The van der Waals surface area contributed by atoms with E-state index in [1.165, 1.54) is 117 Å². The first-order chi connectivity index (χ1) is 26.7. The van der Waals surface area contributed by atoms with Crippen molar-refractivity contribution in [1.82, 2.24) is 0 Å². The van der Waals surface area contributed by atoms with Gasteiger partial charge in [-0.1, -0.05) is 137 Å². The summed E-state index contributed by atoms with van der Waals surface area (Å²) in [5.41, 5.74) is 16.6. The van der Waals surface area contributed by atoms with Crippen LogP contribution in [0.4, 0.5) is 0 Å². The Morgan fingerprint density at radius 1 is 0.382 bits per heavy atom. The number of hydrogen-bond acceptors (Lipinski definition) is 2. The lowest BCUT2D eigenvalue weighted by molar-refractivity contribution is 0.260. The van der Waals surface area contributed by atoms with Crippen molar-refractivity contribution in [3.8, 4) is 33.4 Å². The molecule has 2 heterocycles. The van der Waals surface area contributed by atoms with Crippen LogP contribution in [0.5, 0.6) is 0 Å². The van der Waals surface area contributed by atoms with Gasteiger partial charge in [0.15, 0.2) is 0 Å². The average Bonchev–Trinajstić information content (AvgIpc) is 3.74. The highest BCUT2D eigenvalue weighted by atomic mass is 32.2. The highest BCUT2D eigenvalue weighted by molar-refractivity contribution is 8.01. The van der Waals surface area contributed by atoms with Crippen LogP contribution in [0.1, 0.15) is 112 Å². The predicted molar refractivity (Wildman–Crippen MR) is 235 cm³/mol. The van der Waals surface area contributed by atoms with Crippen molar-refractivity contribution in [1.29, 1.82) is 0 Å². The second kappa shape index (κ2) is 12.0. The second-order valence-electron chi connectivity index (χ2n) is 18.2. The van der Waals surface area contributed by atoms with Gasteiger partial charge in [0, 0.05) is 30.1 Å². The van der Waals surface area contributed by atoms with Gasteiger partial charge in [0.2, 0.25) is 0 Å². The SMILES string of the molecule is CC12CCCCC1(C)c1cc(-c3ccc4c(c3)-c3cc(-c5ccc6c(c5)C5(C)CCCCC5(C)S6)ccc3C4(c3ccccc3)c3ccccc3)ccc1S2. The highest BCUT2D eigenvalue weighted by Crippen LogP contribution is 2.65. The van der Waals surface area contributed by atoms with Gasteiger partial charge >= 0.3 is 0 Å². The zero-order valence-electron chi connectivity index (χ0n) is 32.7. The Balaban J connectivity index is 1.11. The monoisotopic (exact) mass is 750 g/mol. The fraction of sp³-hybridized carbons (Fsp3) is 0.321. The van der Waals surface area contributed by atoms with Crippen LogP contribution in [0.25, 0.3) is 33.4 Å². The van der Waals surface area contributed by atoms with Crippen molar-refractivity contribution in [3.05, 3.63) is 167 Å². The maximum atomic E-state index is 2.57. The van der Waals surface area contributed by atoms with Crippen LogP contribution in [-0.2, 0) is 16.2 Å². The van der Waals surface area contributed by atoms with Gasteiger partial charge in [0.1, 0.15) is 0 Å². The summed E-state index contributed by atoms with van der Waals surface area (Å²) in [4.78, 5) is 2.99. The standard InChI is InChI=1S/C53H50S2/c1-49-27-11-13-29-51(49,3)54-47-25-21-37(33-45(47)49)35-19-23-43-41(31-35)42-32-36(38-22-26-48-46(34-38)50(2)28-12-14-30-52(50,4)55-48)20-24-44(42)53(43,39-15-7-5-8-16-39)40-17-9-6-10-18-40/h5-10,15-26,31-34H,11-14,27-30H2,1-4H3. The van der Waals surface area contributed by atoms with Gasteiger partial charge in [0.05, 0.1) is 5.41 Å². The molecule has 11 rings (SSSR count). The van der Waals surface area contributed by atoms with Gasteiger partial charge in [-0.25, -0.2) is 0 Å². The van der Waals surface area contributed by atoms with E-state index in [1.54, 1.807) is 11.1 Å². The van der Waals surface area contributed by atoms with Crippen molar-refractivity contribution in [2.24, 2.45) is 0 Å². The third-order valence-corrected chi connectivity index (χ3v) is 18.9. The Bertz CT molecular complexity index is 2340. The molecule has 0 amide bonds. The molecule has 2 aliphatic heterocycles. The summed E-state index contributed by atoms with van der Waals surface area (Å²) >= 11 is 4.28. The van der Waals surface area contributed by atoms with Crippen LogP contribution >= 0.6 is 23.5 Å². The molecule has 6 aromatic carbocycles. The minimum atomic E-state index is -0.415. The Labute approximate surface area is 336 Å². The molecule has 274 valence electrons. The zero-order valence-corrected chi connectivity index (χ0v) is 34.3. The maximum Gasteiger partial charge on any atom is 0.0713 e. The first-order valence-electron chi connectivity index (χ1n) is 20.8. The zero-order chi connectivity index (χ0) is 37.2. The average molecular weight is 751 g/mol. The van der Waals surface area contributed by atoms with E-state index in [2.05, 4.69) is 185 Å². The molecule has 3 aliphatic carbocycles. The fourth-order valence-corrected chi connectivity index (χ4v) is 15.3. The largest absolute Gasteiger partial charge is 0.118 e. The Morgan fingerprint density at radius 2 is 0.764 bits per heavy atom. The van der Waals surface area contributed by atoms with E-state index in [-0.39, 0.29) is 20.3 Å². The molecule has 5 aliphatic rings. The van der Waals surface area contributed by atoms with Gasteiger partial charge in [-0.15, -0.1) is 23.5 Å². The van der Waals surface area contributed by atoms with Crippen LogP contribution in [0.3, 0.4) is 0 Å². The predicted octanol–water partition coefficient (Wildman–Crippen LogP) is 14.8. The van der Waals surface area contributed by atoms with E-state index >= 15 is 0 Å². The van der Waals surface area contributed by atoms with E-state index in [4.69, 9.17) is 0 Å². The number of hydrogen-bond donors (Lipinski definition) is 0. The number of thioether (sulfide) groups is 2. The molecule has 55 heavy (non-hydrogen) atoms. The van der Waals surface area contributed by atoms with Crippen LogP contribution in [-0.4, -0.2) is 9.49 Å². The number of rotatable bonds is 4. The van der Waals surface area contributed by atoms with E-state index < -0.39 is 5.41 Å². The van der Waals surface area contributed by atoms with Crippen LogP contribution < -0.4 is 0 Å². The molecule has 0 saturated heterocycles. The van der Waals surface area contributed by atoms with Gasteiger partial charge in [-0.3, -0.25) is 0 Å². The second-order valence-corrected chi connectivity index (χ2v) is 21.3. The van der Waals surface area contributed by atoms with Gasteiger partial charge in [-0.2, -0.15) is 0 Å². The summed E-state index contributed by atoms with van der Waals surface area (Å²) < 4.78 is 0.571. The minimum absolute atomic E-state index is 0.218. The van der Waals surface area contributed by atoms with Gasteiger partial charge in [-0.05, 0) is 143 Å². The fourth-order valence-electron chi connectivity index (χ4n) is 11.9. The van der Waals surface area contributed by atoms with Crippen molar-refractivity contribution in [2.75, 3.05) is 0 Å². The minimum Gasteiger partial charge on any atom is -0.118 e. The summed E-state index contributed by atoms with van der Waals surface area (Å²) in [5, 5.41) is 0. The molecule has 2 heteroatoms. The lowest BCUT2D eigenvalue weighted by atomic mass is 9.64. The van der Waals surface area contributed by atoms with E-state index in [0.29, 0.717) is 0 Å². The molecule has 0 N–H and O–H groups in total. The first-order valence-corrected chi connectivity index (χ1v) is 22.4. The molecule has 0 aromatic heterocycles. The molecular weight excluding hydrogens is 701 g/mol. The molecule has 2 fully saturated rings. The third-order valence-electron chi connectivity index (χ3n) is 15.5. The molecule has 0 radical (unpaired) electrons. The Hall–Kier alpha value is -3.98. The molecule has 0 bridgehead atoms. The summed E-state index contributed by atoms with van der Waals surface area (Å²) in [7, 11) is 0. The van der Waals surface area contributed by atoms with Crippen molar-refractivity contribution in [2.45, 2.75) is 115 Å². The molecule has 0 nitrogen and oxygen atoms in total. The van der Waals surface area contributed by atoms with Gasteiger partial charge < -0.3 is 0 Å². The topological polar surface area (TPSA) is 0 Å². The van der Waals surface area contributed by atoms with Crippen LogP contribution in [0.15, 0.2) is 143 Å². The van der Waals surface area contributed by atoms with Crippen LogP contribution in [0.2, 0.25) is 0 Å². The van der Waals surface area contributed by atoms with E-state index in [9.17, 15) is 0 Å². The Kier molecular flexibility index (Phi) is 7.49. The van der Waals surface area contributed by atoms with Crippen molar-refractivity contribution in [3.63, 3.8) is 0 Å². The molecule has 6 aromatic rings. The summed E-state index contributed by atoms with van der Waals surface area (Å²) in [6.45, 7) is 10.2. The molecular formula is C53H50S2. The normalized spacial score (nSPS) is 28.1. The molecule has 0 spiro atoms. The number of fused-ring (bicyclic) bond motifs is 9. The highest BCUT2D eigenvalue weighted by Gasteiger charge is 2.55. The van der Waals surface area contributed by atoms with E-state index in [1.807, 2.05) is 0 Å².